The van der Waals surface area contributed by atoms with Crippen molar-refractivity contribution < 1.29 is 14.5 Å². The van der Waals surface area contributed by atoms with Crippen LogP contribution in [0.15, 0.2) is 16.6 Å². The van der Waals surface area contributed by atoms with E-state index in [1.54, 1.807) is 17.9 Å². The zero-order chi connectivity index (χ0) is 16.8. The standard InChI is InChI=1S/C15H16BrN3O4/c1-15(6-13(20)17-8-15)14(21)18-5-4-9-10(7-18)12(19(22)23)3-2-11(9)16/h2-3H,4-8H2,1H3,(H,17,20). The highest BCUT2D eigenvalue weighted by atomic mass is 79.9. The van der Waals surface area contributed by atoms with Gasteiger partial charge in [0.2, 0.25) is 11.8 Å². The van der Waals surface area contributed by atoms with Crippen molar-refractivity contribution in [1.29, 1.82) is 0 Å². The van der Waals surface area contributed by atoms with Crippen molar-refractivity contribution in [3.63, 3.8) is 0 Å². The topological polar surface area (TPSA) is 92.6 Å². The minimum atomic E-state index is -0.768. The average molecular weight is 382 g/mol. The maximum absolute atomic E-state index is 12.8. The van der Waals surface area contributed by atoms with Gasteiger partial charge >= 0.3 is 0 Å². The molecule has 0 saturated carbocycles. The SMILES string of the molecule is CC1(C(=O)N2CCc3c(Br)ccc([N+](=O)[O-])c3C2)CNC(=O)C1. The Bertz CT molecular complexity index is 721. The highest BCUT2D eigenvalue weighted by Crippen LogP contribution is 2.36. The fourth-order valence-corrected chi connectivity index (χ4v) is 3.84. The Hall–Kier alpha value is -1.96. The van der Waals surface area contributed by atoms with Crippen molar-refractivity contribution in [3.05, 3.63) is 37.8 Å². The number of fused-ring (bicyclic) bond motifs is 1. The van der Waals surface area contributed by atoms with E-state index in [0.717, 1.165) is 10.0 Å². The molecule has 1 saturated heterocycles. The number of hydrogen-bond acceptors (Lipinski definition) is 4. The first-order valence-electron chi connectivity index (χ1n) is 7.32. The van der Waals surface area contributed by atoms with Gasteiger partial charge in [0.1, 0.15) is 0 Å². The molecule has 122 valence electrons. The number of carbonyl (C=O) groups excluding carboxylic acids is 2. The summed E-state index contributed by atoms with van der Waals surface area (Å²) in [6, 6.07) is 3.13. The van der Waals surface area contributed by atoms with Crippen LogP contribution in [0, 0.1) is 15.5 Å². The van der Waals surface area contributed by atoms with Gasteiger partial charge in [-0.3, -0.25) is 19.7 Å². The van der Waals surface area contributed by atoms with Crippen LogP contribution in [0.4, 0.5) is 5.69 Å². The van der Waals surface area contributed by atoms with Gasteiger partial charge in [-0.05, 0) is 25.0 Å². The summed E-state index contributed by atoms with van der Waals surface area (Å²) in [5, 5.41) is 13.9. The second-order valence-electron chi connectivity index (χ2n) is 6.27. The van der Waals surface area contributed by atoms with Crippen molar-refractivity contribution >= 4 is 33.4 Å². The molecular formula is C15H16BrN3O4. The molecule has 2 aliphatic rings. The first kappa shape index (κ1) is 15.9. The number of hydrogen-bond donors (Lipinski definition) is 1. The highest BCUT2D eigenvalue weighted by molar-refractivity contribution is 9.10. The molecule has 2 heterocycles. The van der Waals surface area contributed by atoms with Crippen molar-refractivity contribution in [3.8, 4) is 0 Å². The molecule has 0 radical (unpaired) electrons. The fourth-order valence-electron chi connectivity index (χ4n) is 3.27. The first-order chi connectivity index (χ1) is 10.8. The van der Waals surface area contributed by atoms with Gasteiger partial charge in [0.25, 0.3) is 5.69 Å². The molecule has 7 nitrogen and oxygen atoms in total. The molecule has 2 aliphatic heterocycles. The Kier molecular flexibility index (Phi) is 3.87. The maximum atomic E-state index is 12.8. The Morgan fingerprint density at radius 3 is 2.78 bits per heavy atom. The molecule has 1 atom stereocenters. The second kappa shape index (κ2) is 5.59. The molecule has 0 aliphatic carbocycles. The van der Waals surface area contributed by atoms with E-state index < -0.39 is 10.3 Å². The van der Waals surface area contributed by atoms with Crippen molar-refractivity contribution in [2.45, 2.75) is 26.3 Å². The molecule has 0 aromatic heterocycles. The Morgan fingerprint density at radius 2 is 2.17 bits per heavy atom. The zero-order valence-corrected chi connectivity index (χ0v) is 14.2. The highest BCUT2D eigenvalue weighted by Gasteiger charge is 2.44. The lowest BCUT2D eigenvalue weighted by molar-refractivity contribution is -0.385. The molecule has 1 aromatic carbocycles. The van der Waals surface area contributed by atoms with Gasteiger partial charge in [-0.2, -0.15) is 0 Å². The van der Waals surface area contributed by atoms with Crippen LogP contribution in [0.1, 0.15) is 24.5 Å². The van der Waals surface area contributed by atoms with E-state index >= 15 is 0 Å². The molecule has 1 unspecified atom stereocenters. The summed E-state index contributed by atoms with van der Waals surface area (Å²) in [6.45, 7) is 2.77. The minimum Gasteiger partial charge on any atom is -0.355 e. The lowest BCUT2D eigenvalue weighted by Gasteiger charge is -2.34. The van der Waals surface area contributed by atoms with E-state index in [4.69, 9.17) is 0 Å². The number of amides is 2. The van der Waals surface area contributed by atoms with E-state index in [9.17, 15) is 19.7 Å². The average Bonchev–Trinajstić information content (AvgIpc) is 2.86. The number of nitro groups is 1. The van der Waals surface area contributed by atoms with E-state index in [1.165, 1.54) is 6.07 Å². The van der Waals surface area contributed by atoms with Crippen LogP contribution in [-0.4, -0.2) is 34.7 Å². The van der Waals surface area contributed by atoms with E-state index in [0.29, 0.717) is 25.1 Å². The van der Waals surface area contributed by atoms with E-state index in [-0.39, 0.29) is 30.5 Å². The number of nitro benzene ring substituents is 1. The molecule has 0 spiro atoms. The van der Waals surface area contributed by atoms with Gasteiger partial charge in [0.15, 0.2) is 0 Å². The zero-order valence-electron chi connectivity index (χ0n) is 12.6. The molecule has 0 bridgehead atoms. The molecule has 3 rings (SSSR count). The summed E-state index contributed by atoms with van der Waals surface area (Å²) < 4.78 is 0.828. The summed E-state index contributed by atoms with van der Waals surface area (Å²) in [5.74, 6) is -0.261. The van der Waals surface area contributed by atoms with Crippen LogP contribution in [0.25, 0.3) is 0 Å². The lowest BCUT2D eigenvalue weighted by Crippen LogP contribution is -2.45. The van der Waals surface area contributed by atoms with Crippen molar-refractivity contribution in [2.75, 3.05) is 13.1 Å². The van der Waals surface area contributed by atoms with Gasteiger partial charge in [-0.15, -0.1) is 0 Å². The Balaban J connectivity index is 1.91. The van der Waals surface area contributed by atoms with Crippen LogP contribution in [-0.2, 0) is 22.6 Å². The van der Waals surface area contributed by atoms with Crippen LogP contribution in [0.2, 0.25) is 0 Å². The quantitative estimate of drug-likeness (QED) is 0.623. The van der Waals surface area contributed by atoms with Gasteiger partial charge in [0, 0.05) is 30.0 Å². The third-order valence-electron chi connectivity index (χ3n) is 4.56. The normalized spacial score (nSPS) is 23.4. The van der Waals surface area contributed by atoms with Crippen LogP contribution in [0.5, 0.6) is 0 Å². The largest absolute Gasteiger partial charge is 0.355 e. The molecular weight excluding hydrogens is 366 g/mol. The molecule has 23 heavy (non-hydrogen) atoms. The van der Waals surface area contributed by atoms with Gasteiger partial charge in [0.05, 0.1) is 22.4 Å². The third-order valence-corrected chi connectivity index (χ3v) is 5.30. The van der Waals surface area contributed by atoms with Crippen molar-refractivity contribution in [1.82, 2.24) is 10.2 Å². The molecule has 1 N–H and O–H groups in total. The van der Waals surface area contributed by atoms with Gasteiger partial charge in [-0.1, -0.05) is 15.9 Å². The molecule has 2 amide bonds. The molecule has 1 fully saturated rings. The van der Waals surface area contributed by atoms with Crippen LogP contribution >= 0.6 is 15.9 Å². The number of nitrogens with zero attached hydrogens (tertiary/aromatic N) is 2. The number of rotatable bonds is 2. The molecule has 1 aromatic rings. The number of nitrogens with one attached hydrogen (secondary N) is 1. The number of benzene rings is 1. The first-order valence-corrected chi connectivity index (χ1v) is 8.12. The van der Waals surface area contributed by atoms with Gasteiger partial charge < -0.3 is 10.2 Å². The number of halogens is 1. The predicted octanol–water partition coefficient (Wildman–Crippen LogP) is 1.77. The van der Waals surface area contributed by atoms with Crippen LogP contribution < -0.4 is 5.32 Å². The third kappa shape index (κ3) is 2.71. The predicted molar refractivity (Wildman–Crippen MR) is 85.7 cm³/mol. The Labute approximate surface area is 141 Å². The minimum absolute atomic E-state index is 0.0338. The molecule has 8 heteroatoms. The second-order valence-corrected chi connectivity index (χ2v) is 7.13. The van der Waals surface area contributed by atoms with Crippen LogP contribution in [0.3, 0.4) is 0 Å². The smallest absolute Gasteiger partial charge is 0.274 e. The monoisotopic (exact) mass is 381 g/mol. The van der Waals surface area contributed by atoms with E-state index in [1.807, 2.05) is 0 Å². The number of carbonyl (C=O) groups is 2. The summed E-state index contributed by atoms with van der Waals surface area (Å²) in [4.78, 5) is 36.7. The summed E-state index contributed by atoms with van der Waals surface area (Å²) >= 11 is 3.43. The fraction of sp³-hybridized carbons (Fsp3) is 0.467. The van der Waals surface area contributed by atoms with Gasteiger partial charge in [-0.25, -0.2) is 0 Å². The summed E-state index contributed by atoms with van der Waals surface area (Å²) in [5.41, 5.74) is 0.723. The summed E-state index contributed by atoms with van der Waals surface area (Å²) in [6.07, 6.45) is 0.719. The van der Waals surface area contributed by atoms with Crippen molar-refractivity contribution in [2.24, 2.45) is 5.41 Å². The lowest BCUT2D eigenvalue weighted by atomic mass is 9.86. The Morgan fingerprint density at radius 1 is 1.43 bits per heavy atom. The summed E-state index contributed by atoms with van der Waals surface area (Å²) in [7, 11) is 0. The van der Waals surface area contributed by atoms with E-state index in [2.05, 4.69) is 21.2 Å². The maximum Gasteiger partial charge on any atom is 0.274 e.